The van der Waals surface area contributed by atoms with Crippen LogP contribution >= 0.6 is 11.3 Å². The first-order chi connectivity index (χ1) is 14.3. The van der Waals surface area contributed by atoms with E-state index in [-0.39, 0.29) is 17.9 Å². The highest BCUT2D eigenvalue weighted by Crippen LogP contribution is 2.32. The SMILES string of the molecule is CCOc1ccccc1-c1csc(NC(=O)C2CCCN(C(=O)OC(C)(C)C)C2)n1. The minimum Gasteiger partial charge on any atom is -0.493 e. The molecule has 1 aliphatic rings. The average molecular weight is 432 g/mol. The van der Waals surface area contributed by atoms with Gasteiger partial charge in [0, 0.05) is 24.0 Å². The smallest absolute Gasteiger partial charge is 0.410 e. The number of thiazole rings is 1. The third-order valence-corrected chi connectivity index (χ3v) is 5.40. The maximum atomic E-state index is 12.8. The van der Waals surface area contributed by atoms with Crippen molar-refractivity contribution in [1.82, 2.24) is 9.88 Å². The van der Waals surface area contributed by atoms with Gasteiger partial charge < -0.3 is 19.7 Å². The molecule has 8 heteroatoms. The Labute approximate surface area is 181 Å². The lowest BCUT2D eigenvalue weighted by atomic mass is 9.97. The highest BCUT2D eigenvalue weighted by Gasteiger charge is 2.31. The average Bonchev–Trinajstić information content (AvgIpc) is 3.16. The van der Waals surface area contributed by atoms with E-state index in [1.54, 1.807) is 4.90 Å². The largest absolute Gasteiger partial charge is 0.493 e. The zero-order valence-electron chi connectivity index (χ0n) is 17.9. The first-order valence-electron chi connectivity index (χ1n) is 10.2. The van der Waals surface area contributed by atoms with Gasteiger partial charge in [-0.05, 0) is 52.7 Å². The number of benzene rings is 1. The number of carbonyl (C=O) groups excluding carboxylic acids is 2. The molecule has 1 fully saturated rings. The number of para-hydroxylation sites is 1. The lowest BCUT2D eigenvalue weighted by molar-refractivity contribution is -0.121. The third-order valence-electron chi connectivity index (χ3n) is 4.64. The number of aromatic nitrogens is 1. The summed E-state index contributed by atoms with van der Waals surface area (Å²) in [5.41, 5.74) is 1.10. The number of anilines is 1. The van der Waals surface area contributed by atoms with Gasteiger partial charge >= 0.3 is 6.09 Å². The van der Waals surface area contributed by atoms with Crippen LogP contribution in [0.25, 0.3) is 11.3 Å². The molecule has 1 unspecified atom stereocenters. The van der Waals surface area contributed by atoms with E-state index in [0.717, 1.165) is 29.8 Å². The van der Waals surface area contributed by atoms with Gasteiger partial charge in [-0.2, -0.15) is 0 Å². The Bertz CT molecular complexity index is 891. The number of nitrogens with one attached hydrogen (secondary N) is 1. The Hall–Kier alpha value is -2.61. The number of ether oxygens (including phenoxy) is 2. The molecule has 7 nitrogen and oxygen atoms in total. The molecule has 162 valence electrons. The van der Waals surface area contributed by atoms with Crippen LogP contribution in [0.1, 0.15) is 40.5 Å². The monoisotopic (exact) mass is 431 g/mol. The Morgan fingerprint density at radius 2 is 2.07 bits per heavy atom. The number of carbonyl (C=O) groups is 2. The summed E-state index contributed by atoms with van der Waals surface area (Å²) in [6, 6.07) is 7.71. The van der Waals surface area contributed by atoms with E-state index < -0.39 is 5.60 Å². The minimum atomic E-state index is -0.554. The van der Waals surface area contributed by atoms with Crippen molar-refractivity contribution in [3.8, 4) is 17.0 Å². The highest BCUT2D eigenvalue weighted by atomic mass is 32.1. The topological polar surface area (TPSA) is 80.8 Å². The molecule has 2 heterocycles. The van der Waals surface area contributed by atoms with E-state index in [1.165, 1.54) is 11.3 Å². The van der Waals surface area contributed by atoms with Crippen LogP contribution in [-0.4, -0.2) is 47.2 Å². The first-order valence-corrected chi connectivity index (χ1v) is 11.1. The molecule has 2 aromatic rings. The number of nitrogens with zero attached hydrogens (tertiary/aromatic N) is 2. The van der Waals surface area contributed by atoms with E-state index in [2.05, 4.69) is 10.3 Å². The number of likely N-dealkylation sites (tertiary alicyclic amines) is 1. The Balaban J connectivity index is 1.63. The molecule has 3 rings (SSSR count). The van der Waals surface area contributed by atoms with Crippen LogP contribution in [0.15, 0.2) is 29.6 Å². The van der Waals surface area contributed by atoms with E-state index in [9.17, 15) is 9.59 Å². The second kappa shape index (κ2) is 9.47. The molecular weight excluding hydrogens is 402 g/mol. The quantitative estimate of drug-likeness (QED) is 0.736. The zero-order valence-corrected chi connectivity index (χ0v) is 18.8. The van der Waals surface area contributed by atoms with Crippen molar-refractivity contribution < 1.29 is 19.1 Å². The van der Waals surface area contributed by atoms with Crippen LogP contribution in [0.4, 0.5) is 9.93 Å². The molecule has 0 bridgehead atoms. The van der Waals surface area contributed by atoms with Crippen LogP contribution in [0.2, 0.25) is 0 Å². The molecule has 0 saturated carbocycles. The van der Waals surface area contributed by atoms with Gasteiger partial charge in [0.15, 0.2) is 5.13 Å². The summed E-state index contributed by atoms with van der Waals surface area (Å²) in [6.07, 6.45) is 1.13. The third kappa shape index (κ3) is 5.72. The van der Waals surface area contributed by atoms with E-state index in [0.29, 0.717) is 24.8 Å². The maximum Gasteiger partial charge on any atom is 0.410 e. The van der Waals surface area contributed by atoms with E-state index >= 15 is 0 Å². The summed E-state index contributed by atoms with van der Waals surface area (Å²) in [5, 5.41) is 5.35. The summed E-state index contributed by atoms with van der Waals surface area (Å²) >= 11 is 1.37. The van der Waals surface area contributed by atoms with E-state index in [1.807, 2.05) is 57.3 Å². The van der Waals surface area contributed by atoms with Crippen molar-refractivity contribution in [3.05, 3.63) is 29.6 Å². The fourth-order valence-electron chi connectivity index (χ4n) is 3.31. The van der Waals surface area contributed by atoms with Crippen molar-refractivity contribution in [3.63, 3.8) is 0 Å². The summed E-state index contributed by atoms with van der Waals surface area (Å²) in [7, 11) is 0. The normalized spacial score (nSPS) is 16.8. The molecule has 1 aromatic heterocycles. The Kier molecular flexibility index (Phi) is 6.97. The van der Waals surface area contributed by atoms with Crippen molar-refractivity contribution in [1.29, 1.82) is 0 Å². The summed E-state index contributed by atoms with van der Waals surface area (Å²) < 4.78 is 11.1. The molecule has 1 aromatic carbocycles. The van der Waals surface area contributed by atoms with Crippen LogP contribution in [0, 0.1) is 5.92 Å². The molecule has 1 atom stereocenters. The minimum absolute atomic E-state index is 0.123. The van der Waals surface area contributed by atoms with Gasteiger partial charge in [0.2, 0.25) is 5.91 Å². The van der Waals surface area contributed by atoms with Crippen molar-refractivity contribution in [2.45, 2.75) is 46.1 Å². The molecule has 1 N–H and O–H groups in total. The predicted octanol–water partition coefficient (Wildman–Crippen LogP) is 4.79. The Morgan fingerprint density at radius 1 is 1.30 bits per heavy atom. The van der Waals surface area contributed by atoms with Crippen LogP contribution in [0.5, 0.6) is 5.75 Å². The lowest BCUT2D eigenvalue weighted by Crippen LogP contribution is -2.45. The van der Waals surface area contributed by atoms with Gasteiger partial charge in [0.1, 0.15) is 11.4 Å². The summed E-state index contributed by atoms with van der Waals surface area (Å²) in [5.74, 6) is 0.361. The molecule has 0 spiro atoms. The maximum absolute atomic E-state index is 12.8. The van der Waals surface area contributed by atoms with Gasteiger partial charge in [-0.25, -0.2) is 9.78 Å². The number of amides is 2. The molecule has 2 amide bonds. The second-order valence-electron chi connectivity index (χ2n) is 8.22. The van der Waals surface area contributed by atoms with Gasteiger partial charge in [0.05, 0.1) is 18.2 Å². The molecule has 30 heavy (non-hydrogen) atoms. The molecule has 0 aliphatic carbocycles. The van der Waals surface area contributed by atoms with Crippen molar-refractivity contribution in [2.75, 3.05) is 25.0 Å². The Morgan fingerprint density at radius 3 is 2.80 bits per heavy atom. The fourth-order valence-corrected chi connectivity index (χ4v) is 4.02. The van der Waals surface area contributed by atoms with Crippen LogP contribution in [0.3, 0.4) is 0 Å². The fraction of sp³-hybridized carbons (Fsp3) is 0.500. The lowest BCUT2D eigenvalue weighted by Gasteiger charge is -2.33. The number of piperidine rings is 1. The zero-order chi connectivity index (χ0) is 21.7. The highest BCUT2D eigenvalue weighted by molar-refractivity contribution is 7.14. The number of rotatable bonds is 5. The predicted molar refractivity (Wildman–Crippen MR) is 118 cm³/mol. The van der Waals surface area contributed by atoms with Gasteiger partial charge in [-0.3, -0.25) is 4.79 Å². The second-order valence-corrected chi connectivity index (χ2v) is 9.08. The van der Waals surface area contributed by atoms with E-state index in [4.69, 9.17) is 9.47 Å². The molecule has 1 aliphatic heterocycles. The first kappa shape index (κ1) is 22.1. The van der Waals surface area contributed by atoms with Crippen molar-refractivity contribution in [2.24, 2.45) is 5.92 Å². The number of hydrogen-bond acceptors (Lipinski definition) is 6. The van der Waals surface area contributed by atoms with Crippen LogP contribution in [-0.2, 0) is 9.53 Å². The van der Waals surface area contributed by atoms with Gasteiger partial charge in [-0.15, -0.1) is 11.3 Å². The molecule has 0 radical (unpaired) electrons. The van der Waals surface area contributed by atoms with Gasteiger partial charge in [0.25, 0.3) is 0 Å². The number of hydrogen-bond donors (Lipinski definition) is 1. The summed E-state index contributed by atoms with van der Waals surface area (Å²) in [4.78, 5) is 31.3. The van der Waals surface area contributed by atoms with Crippen LogP contribution < -0.4 is 10.1 Å². The molecule has 1 saturated heterocycles. The molecular formula is C22H29N3O4S. The van der Waals surface area contributed by atoms with Crippen molar-refractivity contribution >= 4 is 28.5 Å². The summed E-state index contributed by atoms with van der Waals surface area (Å²) in [6.45, 7) is 8.98. The standard InChI is InChI=1S/C22H29N3O4S/c1-5-28-18-11-7-6-10-16(18)17-14-30-20(23-17)24-19(26)15-9-8-12-25(13-15)21(27)29-22(2,3)4/h6-7,10-11,14-15H,5,8-9,12-13H2,1-4H3,(H,23,24,26). The van der Waals surface area contributed by atoms with Gasteiger partial charge in [-0.1, -0.05) is 12.1 Å².